The summed E-state index contributed by atoms with van der Waals surface area (Å²) >= 11 is 0. The molecule has 1 saturated heterocycles. The third-order valence-electron chi connectivity index (χ3n) is 8.81. The standard InChI is InChI=1S/C30H42N2O9Si/c1-8-17-39-28(36)30(16-10-9-11-23(30)33)26-25(20(2)41-42(6,7)29(3,4)5)27(35)31(26)18-24(34)40-19-21-12-14-22(15-13-21)32(37)38/h8,12-15,20,25-26H,1,9-11,16-19H2,2-7H3/t20-,25-,26+,30+/m1/s1. The molecule has 2 aliphatic rings. The van der Waals surface area contributed by atoms with Gasteiger partial charge in [0.1, 0.15) is 25.2 Å². The average Bonchev–Trinajstić information content (AvgIpc) is 2.91. The molecule has 1 aliphatic carbocycles. The number of nitro groups is 1. The van der Waals surface area contributed by atoms with Crippen molar-refractivity contribution in [2.75, 3.05) is 13.2 Å². The van der Waals surface area contributed by atoms with Crippen LogP contribution in [-0.4, -0.2) is 67.1 Å². The molecule has 1 heterocycles. The van der Waals surface area contributed by atoms with Gasteiger partial charge in [-0.1, -0.05) is 39.8 Å². The van der Waals surface area contributed by atoms with Crippen LogP contribution in [0.2, 0.25) is 18.1 Å². The van der Waals surface area contributed by atoms with Gasteiger partial charge in [-0.3, -0.25) is 29.3 Å². The summed E-state index contributed by atoms with van der Waals surface area (Å²) < 4.78 is 17.4. The summed E-state index contributed by atoms with van der Waals surface area (Å²) in [5.74, 6) is -3.00. The number of nitrogens with zero attached hydrogens (tertiary/aromatic N) is 2. The second-order valence-electron chi connectivity index (χ2n) is 12.6. The minimum atomic E-state index is -2.35. The Bertz CT molecular complexity index is 1220. The Morgan fingerprint density at radius 3 is 2.38 bits per heavy atom. The number of rotatable bonds is 12. The van der Waals surface area contributed by atoms with Crippen LogP contribution in [0.15, 0.2) is 36.9 Å². The van der Waals surface area contributed by atoms with Gasteiger partial charge < -0.3 is 18.8 Å². The SMILES string of the molecule is C=CCOC(=O)[C@@]1([C@@H]2[C@@H]([C@@H](C)O[Si](C)(C)C(C)(C)C)C(=O)N2CC(=O)OCc2ccc([N+](=O)[O-])cc2)CCCCC1=O. The predicted molar refractivity (Wildman–Crippen MR) is 157 cm³/mol. The molecule has 4 atom stereocenters. The van der Waals surface area contributed by atoms with Crippen molar-refractivity contribution in [1.82, 2.24) is 4.90 Å². The molecule has 2 fully saturated rings. The lowest BCUT2D eigenvalue weighted by Crippen LogP contribution is -2.75. The Kier molecular flexibility index (Phi) is 10.1. The van der Waals surface area contributed by atoms with Crippen molar-refractivity contribution < 1.29 is 38.0 Å². The summed E-state index contributed by atoms with van der Waals surface area (Å²) in [5, 5.41) is 10.8. The summed E-state index contributed by atoms with van der Waals surface area (Å²) in [7, 11) is -2.35. The van der Waals surface area contributed by atoms with Crippen molar-refractivity contribution in [3.63, 3.8) is 0 Å². The minimum absolute atomic E-state index is 0.0908. The molecule has 1 saturated carbocycles. The van der Waals surface area contributed by atoms with E-state index in [9.17, 15) is 29.3 Å². The van der Waals surface area contributed by atoms with E-state index >= 15 is 0 Å². The Morgan fingerprint density at radius 2 is 1.83 bits per heavy atom. The molecule has 0 N–H and O–H groups in total. The van der Waals surface area contributed by atoms with Crippen molar-refractivity contribution in [1.29, 1.82) is 0 Å². The number of β-lactam (4-membered cyclic amide) rings is 1. The number of benzene rings is 1. The minimum Gasteiger partial charge on any atom is -0.461 e. The first kappa shape index (κ1) is 33.1. The Labute approximate surface area is 247 Å². The van der Waals surface area contributed by atoms with E-state index in [0.717, 1.165) is 0 Å². The van der Waals surface area contributed by atoms with Gasteiger partial charge >= 0.3 is 11.9 Å². The third kappa shape index (κ3) is 6.64. The van der Waals surface area contributed by atoms with E-state index in [1.807, 2.05) is 0 Å². The molecular formula is C30H42N2O9Si. The molecule has 1 aliphatic heterocycles. The Morgan fingerprint density at radius 1 is 1.19 bits per heavy atom. The number of non-ortho nitro benzene ring substituents is 1. The first-order valence-electron chi connectivity index (χ1n) is 14.3. The summed E-state index contributed by atoms with van der Waals surface area (Å²) in [4.78, 5) is 65.6. The number of likely N-dealkylation sites (tertiary alicyclic amines) is 1. The number of ether oxygens (including phenoxy) is 2. The van der Waals surface area contributed by atoms with Crippen LogP contribution in [0.5, 0.6) is 0 Å². The Hall–Kier alpha value is -3.38. The van der Waals surface area contributed by atoms with Gasteiger partial charge in [0.25, 0.3) is 5.69 Å². The molecule has 0 aromatic heterocycles. The molecule has 230 valence electrons. The van der Waals surface area contributed by atoms with E-state index in [1.54, 1.807) is 6.92 Å². The van der Waals surface area contributed by atoms with Crippen LogP contribution in [0, 0.1) is 21.4 Å². The second-order valence-corrected chi connectivity index (χ2v) is 17.3. The van der Waals surface area contributed by atoms with E-state index in [2.05, 4.69) is 40.4 Å². The Balaban J connectivity index is 1.91. The average molecular weight is 603 g/mol. The number of hydrogen-bond donors (Lipinski definition) is 0. The smallest absolute Gasteiger partial charge is 0.325 e. The highest BCUT2D eigenvalue weighted by atomic mass is 28.4. The van der Waals surface area contributed by atoms with Gasteiger partial charge in [0.2, 0.25) is 5.91 Å². The zero-order valence-corrected chi connectivity index (χ0v) is 26.3. The highest BCUT2D eigenvalue weighted by Crippen LogP contribution is 2.50. The maximum atomic E-state index is 13.7. The first-order valence-corrected chi connectivity index (χ1v) is 17.2. The molecule has 12 heteroatoms. The van der Waals surface area contributed by atoms with Crippen molar-refractivity contribution in [2.45, 2.75) is 90.3 Å². The van der Waals surface area contributed by atoms with Crippen LogP contribution in [0.3, 0.4) is 0 Å². The molecule has 0 bridgehead atoms. The number of hydrogen-bond acceptors (Lipinski definition) is 9. The summed E-state index contributed by atoms with van der Waals surface area (Å²) in [6, 6.07) is 4.62. The summed E-state index contributed by atoms with van der Waals surface area (Å²) in [6.07, 6.45) is 2.36. The largest absolute Gasteiger partial charge is 0.461 e. The van der Waals surface area contributed by atoms with Crippen LogP contribution in [0.25, 0.3) is 0 Å². The number of amides is 1. The van der Waals surface area contributed by atoms with E-state index in [-0.39, 0.29) is 42.6 Å². The van der Waals surface area contributed by atoms with E-state index in [1.165, 1.54) is 35.2 Å². The molecule has 42 heavy (non-hydrogen) atoms. The van der Waals surface area contributed by atoms with E-state index in [4.69, 9.17) is 13.9 Å². The molecule has 3 rings (SSSR count). The van der Waals surface area contributed by atoms with E-state index < -0.39 is 61.1 Å². The lowest BCUT2D eigenvalue weighted by molar-refractivity contribution is -0.384. The lowest BCUT2D eigenvalue weighted by Gasteiger charge is -2.57. The predicted octanol–water partition coefficient (Wildman–Crippen LogP) is 4.73. The van der Waals surface area contributed by atoms with Crippen LogP contribution in [0.4, 0.5) is 5.69 Å². The van der Waals surface area contributed by atoms with Gasteiger partial charge in [-0.05, 0) is 55.6 Å². The quantitative estimate of drug-likeness (QED) is 0.0631. The number of carbonyl (C=O) groups is 4. The third-order valence-corrected chi connectivity index (χ3v) is 13.4. The zero-order chi connectivity index (χ0) is 31.5. The monoisotopic (exact) mass is 602 g/mol. The molecule has 0 spiro atoms. The highest BCUT2D eigenvalue weighted by molar-refractivity contribution is 6.74. The maximum absolute atomic E-state index is 13.7. The number of carbonyl (C=O) groups excluding carboxylic acids is 4. The number of nitro benzene ring substituents is 1. The first-order chi connectivity index (χ1) is 19.6. The fourth-order valence-corrected chi connectivity index (χ4v) is 6.95. The lowest BCUT2D eigenvalue weighted by atomic mass is 9.59. The van der Waals surface area contributed by atoms with Crippen LogP contribution in [-0.2, 0) is 39.7 Å². The van der Waals surface area contributed by atoms with Gasteiger partial charge in [0, 0.05) is 18.6 Å². The van der Waals surface area contributed by atoms with Crippen LogP contribution in [0.1, 0.15) is 58.9 Å². The maximum Gasteiger partial charge on any atom is 0.325 e. The van der Waals surface area contributed by atoms with Crippen molar-refractivity contribution >= 4 is 37.6 Å². The molecule has 1 amide bonds. The summed E-state index contributed by atoms with van der Waals surface area (Å²) in [6.45, 7) is 15.0. The van der Waals surface area contributed by atoms with Gasteiger partial charge in [-0.2, -0.15) is 0 Å². The molecule has 0 unspecified atom stereocenters. The molecule has 1 aromatic rings. The molecule has 11 nitrogen and oxygen atoms in total. The van der Waals surface area contributed by atoms with Crippen molar-refractivity contribution in [3.05, 3.63) is 52.6 Å². The number of Topliss-reactive ketones (excluding diaryl/α,β-unsaturated/α-hetero) is 1. The van der Waals surface area contributed by atoms with Gasteiger partial charge in [-0.15, -0.1) is 0 Å². The number of esters is 2. The molecule has 1 aromatic carbocycles. The van der Waals surface area contributed by atoms with Gasteiger partial charge in [0.05, 0.1) is 23.0 Å². The zero-order valence-electron chi connectivity index (χ0n) is 25.3. The highest BCUT2D eigenvalue weighted by Gasteiger charge is 2.67. The topological polar surface area (TPSA) is 142 Å². The van der Waals surface area contributed by atoms with E-state index in [0.29, 0.717) is 18.4 Å². The van der Waals surface area contributed by atoms with Crippen LogP contribution >= 0.6 is 0 Å². The van der Waals surface area contributed by atoms with Gasteiger partial charge in [0.15, 0.2) is 14.1 Å². The van der Waals surface area contributed by atoms with Crippen LogP contribution < -0.4 is 0 Å². The fourth-order valence-electron chi connectivity index (χ4n) is 5.52. The van der Waals surface area contributed by atoms with Gasteiger partial charge in [-0.25, -0.2) is 0 Å². The second kappa shape index (κ2) is 12.9. The number of ketones is 1. The normalized spacial score (nSPS) is 23.5. The fraction of sp³-hybridized carbons (Fsp3) is 0.600. The van der Waals surface area contributed by atoms with Crippen molar-refractivity contribution in [3.8, 4) is 0 Å². The molecular weight excluding hydrogens is 560 g/mol. The van der Waals surface area contributed by atoms with Crippen molar-refractivity contribution in [2.24, 2.45) is 11.3 Å². The molecule has 0 radical (unpaired) electrons. The summed E-state index contributed by atoms with van der Waals surface area (Å²) in [5.41, 5.74) is -1.20.